The maximum atomic E-state index is 14.7. The summed E-state index contributed by atoms with van der Waals surface area (Å²) in [7, 11) is 0. The Morgan fingerprint density at radius 2 is 1.88 bits per heavy atom. The second kappa shape index (κ2) is 7.82. The van der Waals surface area contributed by atoms with Gasteiger partial charge in [-0.2, -0.15) is 0 Å². The van der Waals surface area contributed by atoms with E-state index in [2.05, 4.69) is 34.2 Å². The summed E-state index contributed by atoms with van der Waals surface area (Å²) < 4.78 is 16.7. The number of aromatic nitrogens is 3. The van der Waals surface area contributed by atoms with E-state index in [-0.39, 0.29) is 17.8 Å². The molecular formula is C27H26FN3O. The number of fused-ring (bicyclic) bond motifs is 4. The van der Waals surface area contributed by atoms with E-state index < -0.39 is 6.10 Å². The van der Waals surface area contributed by atoms with Gasteiger partial charge in [0.25, 0.3) is 0 Å². The molecule has 2 aromatic carbocycles. The molecule has 1 aliphatic carbocycles. The molecule has 2 unspecified atom stereocenters. The van der Waals surface area contributed by atoms with Crippen molar-refractivity contribution in [1.29, 1.82) is 0 Å². The molecule has 3 heterocycles. The first kappa shape index (κ1) is 19.6. The highest BCUT2D eigenvalue weighted by atomic mass is 19.1. The SMILES string of the molecule is OC(CC1c2c(F)cccc2-c2cncn21)C1CCC(c2cccc3ncccc23)CC1. The minimum atomic E-state index is -0.462. The summed E-state index contributed by atoms with van der Waals surface area (Å²) in [6.07, 6.45) is 9.53. The lowest BCUT2D eigenvalue weighted by molar-refractivity contribution is 0.0651. The second-order valence-electron chi connectivity index (χ2n) is 9.24. The lowest BCUT2D eigenvalue weighted by Gasteiger charge is -2.33. The maximum Gasteiger partial charge on any atom is 0.129 e. The van der Waals surface area contributed by atoms with Gasteiger partial charge in [0.2, 0.25) is 0 Å². The summed E-state index contributed by atoms with van der Waals surface area (Å²) >= 11 is 0. The van der Waals surface area contributed by atoms with Crippen LogP contribution in [0.3, 0.4) is 0 Å². The van der Waals surface area contributed by atoms with Crippen LogP contribution in [0.15, 0.2) is 67.3 Å². The predicted octanol–water partition coefficient (Wildman–Crippen LogP) is 5.87. The van der Waals surface area contributed by atoms with Crippen molar-refractivity contribution in [3.8, 4) is 11.3 Å². The standard InChI is InChI=1S/C27H26FN3O/c28-22-7-1-5-21-25-15-29-16-31(25)24(27(21)22)14-26(32)18-11-9-17(10-12-18)19-4-2-8-23-20(19)6-3-13-30-23/h1-8,13,15-18,24,26,32H,9-12,14H2. The molecule has 4 nitrogen and oxygen atoms in total. The third kappa shape index (κ3) is 3.15. The van der Waals surface area contributed by atoms with Crippen molar-refractivity contribution in [1.82, 2.24) is 14.5 Å². The minimum absolute atomic E-state index is 0.194. The molecule has 1 saturated carbocycles. The largest absolute Gasteiger partial charge is 0.393 e. The van der Waals surface area contributed by atoms with Gasteiger partial charge in [-0.1, -0.05) is 30.3 Å². The Hall–Kier alpha value is -3.05. The van der Waals surface area contributed by atoms with Crippen LogP contribution in [0.4, 0.5) is 4.39 Å². The molecule has 6 rings (SSSR count). The van der Waals surface area contributed by atoms with E-state index in [9.17, 15) is 9.50 Å². The van der Waals surface area contributed by atoms with E-state index in [4.69, 9.17) is 0 Å². The molecule has 162 valence electrons. The number of aliphatic hydroxyl groups excluding tert-OH is 1. The molecule has 5 heteroatoms. The Morgan fingerprint density at radius 3 is 2.75 bits per heavy atom. The molecule has 1 fully saturated rings. The molecule has 2 aliphatic rings. The molecule has 2 aromatic heterocycles. The number of nitrogens with zero attached hydrogens (tertiary/aromatic N) is 3. The minimum Gasteiger partial charge on any atom is -0.393 e. The predicted molar refractivity (Wildman–Crippen MR) is 123 cm³/mol. The Labute approximate surface area is 186 Å². The van der Waals surface area contributed by atoms with Gasteiger partial charge in [-0.05, 0) is 67.7 Å². The third-order valence-electron chi connectivity index (χ3n) is 7.56. The fourth-order valence-corrected chi connectivity index (χ4v) is 5.95. The zero-order valence-electron chi connectivity index (χ0n) is 17.9. The zero-order chi connectivity index (χ0) is 21.7. The molecule has 0 spiro atoms. The molecule has 0 bridgehead atoms. The van der Waals surface area contributed by atoms with E-state index in [0.717, 1.165) is 42.5 Å². The first-order valence-corrected chi connectivity index (χ1v) is 11.5. The van der Waals surface area contributed by atoms with Crippen molar-refractivity contribution in [3.05, 3.63) is 84.2 Å². The number of imidazole rings is 1. The van der Waals surface area contributed by atoms with Gasteiger partial charge in [0, 0.05) is 22.7 Å². The van der Waals surface area contributed by atoms with Gasteiger partial charge >= 0.3 is 0 Å². The number of halogens is 1. The fraction of sp³-hybridized carbons (Fsp3) is 0.333. The van der Waals surface area contributed by atoms with Crippen molar-refractivity contribution in [2.45, 2.75) is 50.2 Å². The van der Waals surface area contributed by atoms with Gasteiger partial charge < -0.3 is 9.67 Å². The number of pyridine rings is 1. The molecule has 0 saturated heterocycles. The molecule has 1 aliphatic heterocycles. The normalized spacial score (nSPS) is 23.1. The fourth-order valence-electron chi connectivity index (χ4n) is 5.95. The first-order valence-electron chi connectivity index (χ1n) is 11.5. The average Bonchev–Trinajstić information content (AvgIpc) is 3.42. The van der Waals surface area contributed by atoms with Crippen molar-refractivity contribution in [2.75, 3.05) is 0 Å². The zero-order valence-corrected chi connectivity index (χ0v) is 17.9. The third-order valence-corrected chi connectivity index (χ3v) is 7.56. The van der Waals surface area contributed by atoms with Gasteiger partial charge in [0.05, 0.1) is 35.9 Å². The summed E-state index contributed by atoms with van der Waals surface area (Å²) in [6.45, 7) is 0. The highest BCUT2D eigenvalue weighted by Crippen LogP contribution is 2.45. The number of benzene rings is 2. The van der Waals surface area contributed by atoms with E-state index in [1.807, 2.05) is 22.9 Å². The summed E-state index contributed by atoms with van der Waals surface area (Å²) in [5, 5.41) is 12.4. The van der Waals surface area contributed by atoms with Crippen LogP contribution in [0.1, 0.15) is 55.2 Å². The van der Waals surface area contributed by atoms with Crippen molar-refractivity contribution in [2.24, 2.45) is 5.92 Å². The molecule has 2 atom stereocenters. The summed E-state index contributed by atoms with van der Waals surface area (Å²) in [5.41, 5.74) is 4.95. The molecular weight excluding hydrogens is 401 g/mol. The maximum absolute atomic E-state index is 14.7. The Balaban J connectivity index is 1.18. The van der Waals surface area contributed by atoms with E-state index >= 15 is 0 Å². The molecule has 1 N–H and O–H groups in total. The van der Waals surface area contributed by atoms with Gasteiger partial charge in [0.1, 0.15) is 5.82 Å². The second-order valence-corrected chi connectivity index (χ2v) is 9.24. The smallest absolute Gasteiger partial charge is 0.129 e. The van der Waals surface area contributed by atoms with Crippen LogP contribution in [0, 0.1) is 11.7 Å². The van der Waals surface area contributed by atoms with Gasteiger partial charge in [0.15, 0.2) is 0 Å². The summed E-state index contributed by atoms with van der Waals surface area (Å²) in [5.74, 6) is 0.537. The Morgan fingerprint density at radius 1 is 1.03 bits per heavy atom. The van der Waals surface area contributed by atoms with Crippen LogP contribution in [0.5, 0.6) is 0 Å². The van der Waals surface area contributed by atoms with Crippen LogP contribution in [-0.4, -0.2) is 25.7 Å². The topological polar surface area (TPSA) is 50.9 Å². The van der Waals surface area contributed by atoms with Crippen LogP contribution in [-0.2, 0) is 0 Å². The molecule has 32 heavy (non-hydrogen) atoms. The highest BCUT2D eigenvalue weighted by molar-refractivity contribution is 5.82. The van der Waals surface area contributed by atoms with Crippen LogP contribution in [0.2, 0.25) is 0 Å². The average molecular weight is 428 g/mol. The van der Waals surface area contributed by atoms with Gasteiger partial charge in [-0.15, -0.1) is 0 Å². The van der Waals surface area contributed by atoms with Crippen molar-refractivity contribution >= 4 is 10.9 Å². The lowest BCUT2D eigenvalue weighted by atomic mass is 9.75. The van der Waals surface area contributed by atoms with Crippen molar-refractivity contribution < 1.29 is 9.50 Å². The van der Waals surface area contributed by atoms with Gasteiger partial charge in [-0.25, -0.2) is 9.37 Å². The summed E-state index contributed by atoms with van der Waals surface area (Å²) in [6, 6.07) is 15.6. The molecule has 4 aromatic rings. The highest BCUT2D eigenvalue weighted by Gasteiger charge is 2.35. The Kier molecular flexibility index (Phi) is 4.80. The number of rotatable bonds is 4. The first-order chi connectivity index (χ1) is 15.7. The van der Waals surface area contributed by atoms with E-state index in [1.54, 1.807) is 18.6 Å². The van der Waals surface area contributed by atoms with Crippen molar-refractivity contribution in [3.63, 3.8) is 0 Å². The number of hydrogen-bond acceptors (Lipinski definition) is 3. The van der Waals surface area contributed by atoms with E-state index in [0.29, 0.717) is 17.9 Å². The number of aliphatic hydroxyl groups is 1. The molecule has 0 amide bonds. The van der Waals surface area contributed by atoms with Crippen LogP contribution in [0.25, 0.3) is 22.2 Å². The van der Waals surface area contributed by atoms with Crippen LogP contribution >= 0.6 is 0 Å². The number of hydrogen-bond donors (Lipinski definition) is 1. The van der Waals surface area contributed by atoms with Crippen LogP contribution < -0.4 is 0 Å². The quantitative estimate of drug-likeness (QED) is 0.443. The monoisotopic (exact) mass is 427 g/mol. The summed E-state index contributed by atoms with van der Waals surface area (Å²) in [4.78, 5) is 8.76. The molecule has 0 radical (unpaired) electrons. The Bertz CT molecular complexity index is 1270. The van der Waals surface area contributed by atoms with Gasteiger partial charge in [-0.3, -0.25) is 4.98 Å². The van der Waals surface area contributed by atoms with E-state index in [1.165, 1.54) is 17.0 Å². The lowest BCUT2D eigenvalue weighted by Crippen LogP contribution is -2.28.